The maximum Gasteiger partial charge on any atom is 0.452 e. The molecular formula is C61H59F12N3O12S4. The summed E-state index contributed by atoms with van der Waals surface area (Å²) in [5.74, 6) is -7.81. The Labute approximate surface area is 523 Å². The molecule has 3 unspecified atom stereocenters. The Morgan fingerprint density at radius 1 is 0.446 bits per heavy atom. The third kappa shape index (κ3) is 17.2. The highest BCUT2D eigenvalue weighted by Crippen LogP contribution is 2.52. The van der Waals surface area contributed by atoms with Gasteiger partial charge in [-0.25, -0.2) is 0 Å². The van der Waals surface area contributed by atoms with E-state index in [4.69, 9.17) is 4.28 Å². The summed E-state index contributed by atoms with van der Waals surface area (Å²) in [6.07, 6.45) is -7.98. The van der Waals surface area contributed by atoms with Gasteiger partial charge in [-0.3, -0.25) is 8.57 Å². The molecule has 7 aromatic carbocycles. The highest BCUT2D eigenvalue weighted by Gasteiger charge is 2.84. The summed E-state index contributed by atoms with van der Waals surface area (Å²) in [6.45, 7) is 12.6. The van der Waals surface area contributed by atoms with Gasteiger partial charge in [-0.1, -0.05) is 185 Å². The summed E-state index contributed by atoms with van der Waals surface area (Å²) in [4.78, 5) is -0.0745. The van der Waals surface area contributed by atoms with Gasteiger partial charge in [0.15, 0.2) is 11.4 Å². The first-order valence-corrected chi connectivity index (χ1v) is 33.2. The van der Waals surface area contributed by atoms with Crippen LogP contribution in [0.3, 0.4) is 0 Å². The van der Waals surface area contributed by atoms with Gasteiger partial charge in [0.2, 0.25) is 0 Å². The van der Waals surface area contributed by atoms with Crippen molar-refractivity contribution in [2.75, 3.05) is 0 Å². The van der Waals surface area contributed by atoms with Crippen molar-refractivity contribution in [3.05, 3.63) is 209 Å². The summed E-state index contributed by atoms with van der Waals surface area (Å²) >= 11 is 0. The summed E-state index contributed by atoms with van der Waals surface area (Å²) in [7, 11) is -22.9. The molecule has 15 nitrogen and oxygen atoms in total. The Bertz CT molecular complexity index is 4150. The molecule has 0 aliphatic carbocycles. The summed E-state index contributed by atoms with van der Waals surface area (Å²) in [5.41, 5.74) is -0.229. The van der Waals surface area contributed by atoms with Crippen molar-refractivity contribution in [1.29, 1.82) is 0 Å². The van der Waals surface area contributed by atoms with Crippen LogP contribution in [0, 0.1) is 0 Å². The second-order valence-electron chi connectivity index (χ2n) is 20.7. The van der Waals surface area contributed by atoms with Gasteiger partial charge >= 0.3 is 69.3 Å². The minimum Gasteiger partial charge on any atom is -0.378 e. The highest BCUT2D eigenvalue weighted by atomic mass is 32.2. The van der Waals surface area contributed by atoms with E-state index in [1.165, 1.54) is 76.5 Å². The van der Waals surface area contributed by atoms with Crippen molar-refractivity contribution in [1.82, 2.24) is 5.06 Å². The monoisotopic (exact) mass is 1380 g/mol. The Kier molecular flexibility index (Phi) is 23.3. The van der Waals surface area contributed by atoms with Crippen LogP contribution in [0.15, 0.2) is 190 Å². The molecule has 0 fully saturated rings. The fourth-order valence-electron chi connectivity index (χ4n) is 8.57. The van der Waals surface area contributed by atoms with Gasteiger partial charge in [0.05, 0.1) is 18.0 Å². The first kappa shape index (κ1) is 73.5. The number of hydrogen-bond acceptors (Lipinski definition) is 15. The highest BCUT2D eigenvalue weighted by molar-refractivity contribution is 7.89. The van der Waals surface area contributed by atoms with E-state index in [0.717, 1.165) is 59.4 Å². The van der Waals surface area contributed by atoms with Crippen molar-refractivity contribution in [3.63, 3.8) is 0 Å². The lowest BCUT2D eigenvalue weighted by atomic mass is 9.96. The van der Waals surface area contributed by atoms with Gasteiger partial charge < -0.3 is 4.18 Å². The molecule has 8 rings (SSSR count). The number of rotatable bonds is 22. The zero-order valence-corrected chi connectivity index (χ0v) is 52.6. The number of alkyl halides is 12. The minimum atomic E-state index is -7.49. The third-order valence-corrected chi connectivity index (χ3v) is 19.2. The van der Waals surface area contributed by atoms with Crippen molar-refractivity contribution < 1.29 is 103 Å². The zero-order valence-electron chi connectivity index (χ0n) is 49.3. The predicted molar refractivity (Wildman–Crippen MR) is 318 cm³/mol. The molecule has 0 radical (unpaired) electrons. The topological polar surface area (TPSA) is 201 Å². The molecule has 1 aliphatic rings. The Balaban J connectivity index is 0.000000225. The smallest absolute Gasteiger partial charge is 0.378 e. The zero-order chi connectivity index (χ0) is 68.5. The molecule has 7 aromatic rings. The van der Waals surface area contributed by atoms with E-state index in [0.29, 0.717) is 43.1 Å². The van der Waals surface area contributed by atoms with Crippen LogP contribution in [0.5, 0.6) is 5.75 Å². The van der Waals surface area contributed by atoms with Crippen LogP contribution >= 0.6 is 0 Å². The third-order valence-electron chi connectivity index (χ3n) is 14.4. The average Bonchev–Trinajstić information content (AvgIpc) is 0.723. The van der Waals surface area contributed by atoms with E-state index in [1.54, 1.807) is 38.1 Å². The molecule has 0 spiro atoms. The van der Waals surface area contributed by atoms with Crippen LogP contribution < -0.4 is 4.18 Å². The van der Waals surface area contributed by atoms with Crippen LogP contribution in [0.4, 0.5) is 52.7 Å². The lowest BCUT2D eigenvalue weighted by molar-refractivity contribution is -0.247. The molecule has 0 saturated heterocycles. The first-order chi connectivity index (χ1) is 42.7. The molecule has 1 aliphatic heterocycles. The standard InChI is InChI=1S/C22H23NO3S.C21H18F9NO6S2.C18H18F3NO3S/c1-3-16(2)17-10-12-21(13-11-17)27(24,25)26-23-14-19-8-4-6-18-7-5-9-20(15-23)22(18)19;1-3-13(2)14-9-11-16(12-10-14)36-38(32,33)20(27,28)19(25,26)21(29,30)39(34,35)37-31-17(18(22,23)24)15-7-5-4-6-8-15;1-3-13(2)14-9-11-16(12-10-14)26(23,24)25-22-17(18(19,20)21)15-7-5-4-6-8-15/h4-13,16H,3,14-15H2,1-2H3;4-13H,3H2,1-2H3;4-13H,3H2,1-2H3/b;31-17-;22-17-. The quantitative estimate of drug-likeness (QED) is 0.0269. The molecule has 92 heavy (non-hydrogen) atoms. The maximum absolute atomic E-state index is 14.3. The van der Waals surface area contributed by atoms with Gasteiger partial charge in [-0.2, -0.15) is 95.7 Å². The number of hydroxylamine groups is 2. The van der Waals surface area contributed by atoms with Crippen LogP contribution in [-0.2, 0) is 66.4 Å². The molecule has 31 heteroatoms. The van der Waals surface area contributed by atoms with Gasteiger partial charge in [0, 0.05) is 11.1 Å². The van der Waals surface area contributed by atoms with Crippen molar-refractivity contribution in [2.45, 2.75) is 130 Å². The fourth-order valence-corrected chi connectivity index (χ4v) is 11.9. The lowest BCUT2D eigenvalue weighted by Crippen LogP contribution is -2.61. The van der Waals surface area contributed by atoms with Gasteiger partial charge in [0.25, 0.3) is 0 Å². The average molecular weight is 1380 g/mol. The SMILES string of the molecule is CCC(C)c1ccc(OS(=O)(=O)C(F)(F)C(F)(F)C(F)(F)S(=O)(=O)O/N=C(/c2ccccc2)C(F)(F)F)cc1.CCC(C)c1ccc(S(=O)(=O)O/N=C(/c2ccccc2)C(F)(F)F)cc1.CCC(C)c1ccc(S(=O)(=O)ON2Cc3cccc4cccc(c34)C2)cc1. The number of hydrogen-bond donors (Lipinski definition) is 0. The van der Waals surface area contributed by atoms with Crippen LogP contribution in [0.1, 0.15) is 118 Å². The van der Waals surface area contributed by atoms with E-state index in [9.17, 15) is 86.4 Å². The first-order valence-electron chi connectivity index (χ1n) is 27.6. The fraction of sp³-hybridized carbons (Fsp3) is 0.311. The molecule has 0 saturated carbocycles. The predicted octanol–water partition coefficient (Wildman–Crippen LogP) is 15.9. The van der Waals surface area contributed by atoms with E-state index >= 15 is 0 Å². The van der Waals surface area contributed by atoms with Crippen molar-refractivity contribution in [2.24, 2.45) is 10.3 Å². The lowest BCUT2D eigenvalue weighted by Gasteiger charge is -2.30. The van der Waals surface area contributed by atoms with Gasteiger partial charge in [-0.15, -0.1) is 0 Å². The molecular weight excluding hydrogens is 1320 g/mol. The van der Waals surface area contributed by atoms with E-state index in [1.807, 2.05) is 55.4 Å². The second kappa shape index (κ2) is 29.2. The van der Waals surface area contributed by atoms with Crippen molar-refractivity contribution >= 4 is 62.7 Å². The number of benzene rings is 7. The van der Waals surface area contributed by atoms with Crippen LogP contribution in [0.2, 0.25) is 0 Å². The molecule has 0 amide bonds. The van der Waals surface area contributed by atoms with Crippen LogP contribution in [0.25, 0.3) is 10.8 Å². The van der Waals surface area contributed by atoms with E-state index < -0.39 is 92.0 Å². The normalized spacial score (nSPS) is 15.0. The summed E-state index contributed by atoms with van der Waals surface area (Å²) in [5, 5.41) is -5.38. The van der Waals surface area contributed by atoms with E-state index in [2.05, 4.69) is 43.9 Å². The Morgan fingerprint density at radius 3 is 1.18 bits per heavy atom. The summed E-state index contributed by atoms with van der Waals surface area (Å²) in [6, 6.07) is 39.9. The maximum atomic E-state index is 14.3. The van der Waals surface area contributed by atoms with E-state index in [-0.39, 0.29) is 27.2 Å². The Morgan fingerprint density at radius 2 is 0.804 bits per heavy atom. The largest absolute Gasteiger partial charge is 0.452 e. The second-order valence-corrected chi connectivity index (χ2v) is 26.9. The van der Waals surface area contributed by atoms with Crippen molar-refractivity contribution in [3.8, 4) is 5.75 Å². The molecule has 1 heterocycles. The molecule has 0 N–H and O–H groups in total. The Hall–Kier alpha value is -7.58. The van der Waals surface area contributed by atoms with Gasteiger partial charge in [0.1, 0.15) is 10.6 Å². The van der Waals surface area contributed by atoms with Crippen LogP contribution in [-0.4, -0.2) is 78.9 Å². The number of oxime groups is 2. The number of nitrogens with zero attached hydrogens (tertiary/aromatic N) is 3. The summed E-state index contributed by atoms with van der Waals surface area (Å²) < 4.78 is 279. The molecule has 0 aromatic heterocycles. The molecule has 0 bridgehead atoms. The molecule has 498 valence electrons. The van der Waals surface area contributed by atoms with Gasteiger partial charge in [-0.05, 0) is 112 Å². The minimum absolute atomic E-state index is 0.104. The number of halogens is 12. The molecule has 3 atom stereocenters.